The average molecular weight is 396 g/mol. The molecule has 2 aromatic rings. The highest BCUT2D eigenvalue weighted by Crippen LogP contribution is 2.36. The van der Waals surface area contributed by atoms with Crippen LogP contribution in [0.5, 0.6) is 0 Å². The summed E-state index contributed by atoms with van der Waals surface area (Å²) < 4.78 is 11.8. The summed E-state index contributed by atoms with van der Waals surface area (Å²) in [5, 5.41) is 9.55. The largest absolute Gasteiger partial charge is 0.465 e. The SMILES string of the molecule is COC(=O)c1sc(N)c(C(=O)OC)c1CSc1nnc2n1CCCCC2. The molecular formula is C16H20N4O4S2. The lowest BCUT2D eigenvalue weighted by Gasteiger charge is -2.08. The van der Waals surface area contributed by atoms with Crippen LogP contribution in [0.25, 0.3) is 0 Å². The number of carbonyl (C=O) groups is 2. The highest BCUT2D eigenvalue weighted by Gasteiger charge is 2.28. The number of carbonyl (C=O) groups excluding carboxylic acids is 2. The standard InChI is InChI=1S/C16H20N4O4S2/c1-23-14(21)11-9(12(15(22)24-2)26-13(11)17)8-25-16-19-18-10-6-4-3-5-7-20(10)16/h3-8,17H2,1-2H3. The van der Waals surface area contributed by atoms with Gasteiger partial charge in [-0.25, -0.2) is 9.59 Å². The molecule has 0 aromatic carbocycles. The lowest BCUT2D eigenvalue weighted by Crippen LogP contribution is -2.09. The Balaban J connectivity index is 1.91. The Labute approximate surface area is 159 Å². The van der Waals surface area contributed by atoms with Crippen LogP contribution < -0.4 is 5.73 Å². The number of rotatable bonds is 5. The minimum Gasteiger partial charge on any atom is -0.465 e. The smallest absolute Gasteiger partial charge is 0.348 e. The topological polar surface area (TPSA) is 109 Å². The first-order valence-electron chi connectivity index (χ1n) is 8.19. The summed E-state index contributed by atoms with van der Waals surface area (Å²) in [6, 6.07) is 0. The van der Waals surface area contributed by atoms with Gasteiger partial charge in [0.2, 0.25) is 0 Å². The fraction of sp³-hybridized carbons (Fsp3) is 0.500. The van der Waals surface area contributed by atoms with Gasteiger partial charge in [-0.1, -0.05) is 18.2 Å². The number of aryl methyl sites for hydroxylation is 1. The Bertz CT molecular complexity index is 831. The second-order valence-corrected chi connectivity index (χ2v) is 7.78. The summed E-state index contributed by atoms with van der Waals surface area (Å²) in [7, 11) is 2.58. The maximum absolute atomic E-state index is 12.1. The molecule has 0 unspecified atom stereocenters. The van der Waals surface area contributed by atoms with Gasteiger partial charge in [0.05, 0.1) is 19.8 Å². The Hall–Kier alpha value is -2.07. The van der Waals surface area contributed by atoms with E-state index < -0.39 is 11.9 Å². The first kappa shape index (κ1) is 18.7. The van der Waals surface area contributed by atoms with Gasteiger partial charge in [0.1, 0.15) is 15.7 Å². The van der Waals surface area contributed by atoms with Crippen molar-refractivity contribution in [2.45, 2.75) is 43.1 Å². The van der Waals surface area contributed by atoms with E-state index >= 15 is 0 Å². The fourth-order valence-electron chi connectivity index (χ4n) is 2.91. The second kappa shape index (κ2) is 8.09. The van der Waals surface area contributed by atoms with Gasteiger partial charge in [-0.05, 0) is 12.8 Å². The van der Waals surface area contributed by atoms with E-state index in [1.165, 1.54) is 32.4 Å². The number of ether oxygens (including phenoxy) is 2. The molecule has 0 saturated heterocycles. The molecule has 0 amide bonds. The molecule has 10 heteroatoms. The van der Waals surface area contributed by atoms with E-state index in [1.54, 1.807) is 0 Å². The lowest BCUT2D eigenvalue weighted by molar-refractivity contribution is 0.0601. The third-order valence-corrected chi connectivity index (χ3v) is 6.25. The summed E-state index contributed by atoms with van der Waals surface area (Å²) in [4.78, 5) is 24.5. The maximum Gasteiger partial charge on any atom is 0.348 e. The van der Waals surface area contributed by atoms with Crippen LogP contribution in [-0.4, -0.2) is 40.9 Å². The monoisotopic (exact) mass is 396 g/mol. The van der Waals surface area contributed by atoms with E-state index in [9.17, 15) is 9.59 Å². The van der Waals surface area contributed by atoms with E-state index in [2.05, 4.69) is 14.8 Å². The highest BCUT2D eigenvalue weighted by atomic mass is 32.2. The number of thioether (sulfide) groups is 1. The average Bonchev–Trinajstić information content (AvgIpc) is 3.09. The zero-order valence-electron chi connectivity index (χ0n) is 14.6. The molecule has 0 spiro atoms. The number of hydrogen-bond donors (Lipinski definition) is 1. The molecule has 2 N–H and O–H groups in total. The molecule has 0 bridgehead atoms. The number of aromatic nitrogens is 3. The molecule has 0 atom stereocenters. The molecule has 1 aliphatic heterocycles. The number of anilines is 1. The van der Waals surface area contributed by atoms with E-state index in [0.29, 0.717) is 16.2 Å². The van der Waals surface area contributed by atoms with E-state index in [4.69, 9.17) is 15.2 Å². The molecule has 140 valence electrons. The summed E-state index contributed by atoms with van der Waals surface area (Å²) in [6.07, 6.45) is 4.29. The van der Waals surface area contributed by atoms with Crippen molar-refractivity contribution in [2.24, 2.45) is 0 Å². The van der Waals surface area contributed by atoms with Crippen LogP contribution in [0, 0.1) is 0 Å². The predicted molar refractivity (Wildman–Crippen MR) is 98.5 cm³/mol. The summed E-state index contributed by atoms with van der Waals surface area (Å²) in [6.45, 7) is 0.879. The predicted octanol–water partition coefficient (Wildman–Crippen LogP) is 2.51. The number of fused-ring (bicyclic) bond motifs is 1. The van der Waals surface area contributed by atoms with Gasteiger partial charge >= 0.3 is 11.9 Å². The van der Waals surface area contributed by atoms with Crippen molar-refractivity contribution in [1.29, 1.82) is 0 Å². The van der Waals surface area contributed by atoms with Gasteiger partial charge in [-0.15, -0.1) is 21.5 Å². The number of esters is 2. The van der Waals surface area contributed by atoms with Crippen LogP contribution in [0.2, 0.25) is 0 Å². The summed E-state index contributed by atoms with van der Waals surface area (Å²) in [5.41, 5.74) is 6.70. The van der Waals surface area contributed by atoms with Gasteiger partial charge in [-0.2, -0.15) is 0 Å². The van der Waals surface area contributed by atoms with Crippen molar-refractivity contribution in [3.05, 3.63) is 21.8 Å². The van der Waals surface area contributed by atoms with Crippen LogP contribution in [-0.2, 0) is 28.2 Å². The molecular weight excluding hydrogens is 376 g/mol. The van der Waals surface area contributed by atoms with Gasteiger partial charge in [0.25, 0.3) is 0 Å². The van der Waals surface area contributed by atoms with Gasteiger partial charge in [0.15, 0.2) is 5.16 Å². The van der Waals surface area contributed by atoms with Crippen LogP contribution >= 0.6 is 23.1 Å². The number of hydrogen-bond acceptors (Lipinski definition) is 9. The molecule has 0 saturated carbocycles. The van der Waals surface area contributed by atoms with E-state index in [1.807, 2.05) is 0 Å². The van der Waals surface area contributed by atoms with Crippen LogP contribution in [0.1, 0.15) is 50.7 Å². The second-order valence-electron chi connectivity index (χ2n) is 5.78. The van der Waals surface area contributed by atoms with Gasteiger partial charge < -0.3 is 19.8 Å². The molecule has 0 aliphatic carbocycles. The van der Waals surface area contributed by atoms with Crippen molar-refractivity contribution in [3.8, 4) is 0 Å². The van der Waals surface area contributed by atoms with Crippen LogP contribution in [0.15, 0.2) is 5.16 Å². The zero-order valence-corrected chi connectivity index (χ0v) is 16.2. The summed E-state index contributed by atoms with van der Waals surface area (Å²) >= 11 is 2.46. The van der Waals surface area contributed by atoms with Gasteiger partial charge in [-0.3, -0.25) is 0 Å². The van der Waals surface area contributed by atoms with Crippen molar-refractivity contribution in [2.75, 3.05) is 20.0 Å². The number of methoxy groups -OCH3 is 2. The minimum absolute atomic E-state index is 0.223. The molecule has 0 fully saturated rings. The van der Waals surface area contributed by atoms with E-state index in [0.717, 1.165) is 48.1 Å². The molecule has 1 aliphatic rings. The normalized spacial score (nSPS) is 13.8. The summed E-state index contributed by atoms with van der Waals surface area (Å²) in [5.74, 6) is 0.245. The fourth-order valence-corrected chi connectivity index (χ4v) is 5.00. The maximum atomic E-state index is 12.1. The van der Waals surface area contributed by atoms with Gasteiger partial charge in [0, 0.05) is 24.3 Å². The van der Waals surface area contributed by atoms with Crippen molar-refractivity contribution in [1.82, 2.24) is 14.8 Å². The Kier molecular flexibility index (Phi) is 5.82. The number of thiophene rings is 1. The Morgan fingerprint density at radius 3 is 2.69 bits per heavy atom. The molecule has 3 rings (SSSR count). The van der Waals surface area contributed by atoms with Crippen LogP contribution in [0.3, 0.4) is 0 Å². The third kappa shape index (κ3) is 3.56. The third-order valence-electron chi connectivity index (χ3n) is 4.22. The zero-order chi connectivity index (χ0) is 18.7. The molecule has 3 heterocycles. The van der Waals surface area contributed by atoms with Crippen molar-refractivity contribution < 1.29 is 19.1 Å². The molecule has 2 aromatic heterocycles. The molecule has 0 radical (unpaired) electrons. The number of nitrogen functional groups attached to an aromatic ring is 1. The Morgan fingerprint density at radius 2 is 1.96 bits per heavy atom. The minimum atomic E-state index is -0.565. The molecule has 26 heavy (non-hydrogen) atoms. The van der Waals surface area contributed by atoms with Crippen molar-refractivity contribution >= 4 is 40.0 Å². The number of nitrogens with zero attached hydrogens (tertiary/aromatic N) is 3. The van der Waals surface area contributed by atoms with Crippen molar-refractivity contribution in [3.63, 3.8) is 0 Å². The number of nitrogens with two attached hydrogens (primary N) is 1. The first-order chi connectivity index (χ1) is 12.6. The van der Waals surface area contributed by atoms with Crippen LogP contribution in [0.4, 0.5) is 5.00 Å². The van der Waals surface area contributed by atoms with E-state index in [-0.39, 0.29) is 10.6 Å². The first-order valence-corrected chi connectivity index (χ1v) is 9.99. The Morgan fingerprint density at radius 1 is 1.19 bits per heavy atom. The highest BCUT2D eigenvalue weighted by molar-refractivity contribution is 7.98. The lowest BCUT2D eigenvalue weighted by atomic mass is 10.1. The quantitative estimate of drug-likeness (QED) is 0.606. The molecule has 8 nitrogen and oxygen atoms in total.